The van der Waals surface area contributed by atoms with Gasteiger partial charge >= 0.3 is 0 Å². The molecule has 30 heavy (non-hydrogen) atoms. The van der Waals surface area contributed by atoms with Gasteiger partial charge in [0.05, 0.1) is 4.92 Å². The van der Waals surface area contributed by atoms with Crippen molar-refractivity contribution in [2.75, 3.05) is 0 Å². The van der Waals surface area contributed by atoms with E-state index >= 15 is 0 Å². The minimum Gasteiger partial charge on any atom is -0.461 e. The van der Waals surface area contributed by atoms with Crippen molar-refractivity contribution in [2.45, 2.75) is 32.6 Å². The molecular formula is C25H21NO4. The lowest BCUT2D eigenvalue weighted by Crippen LogP contribution is -2.33. The van der Waals surface area contributed by atoms with E-state index in [-0.39, 0.29) is 22.8 Å². The zero-order valence-corrected chi connectivity index (χ0v) is 16.8. The predicted molar refractivity (Wildman–Crippen MR) is 115 cm³/mol. The number of hydrogen-bond donors (Lipinski definition) is 0. The highest BCUT2D eigenvalue weighted by molar-refractivity contribution is 6.02. The van der Waals surface area contributed by atoms with Gasteiger partial charge in [-0.1, -0.05) is 56.3 Å². The third-order valence-electron chi connectivity index (χ3n) is 6.06. The normalized spacial score (nSPS) is 19.8. The number of ketones is 1. The Morgan fingerprint density at radius 2 is 1.73 bits per heavy atom. The molecule has 1 aliphatic carbocycles. The SMILES string of the molecule is CC1(C)CC(=O)C2=C(C1)Oc1ccc3ccccc3c1[C@H]2c1ccc([N+](=O)[O-])cc1. The molecule has 0 amide bonds. The van der Waals surface area contributed by atoms with Crippen molar-refractivity contribution in [3.8, 4) is 5.75 Å². The van der Waals surface area contributed by atoms with Gasteiger partial charge in [-0.25, -0.2) is 0 Å². The summed E-state index contributed by atoms with van der Waals surface area (Å²) in [5, 5.41) is 13.2. The Morgan fingerprint density at radius 3 is 2.47 bits per heavy atom. The molecule has 0 saturated carbocycles. The molecule has 5 nitrogen and oxygen atoms in total. The number of non-ortho nitro benzene ring substituents is 1. The molecule has 3 aromatic rings. The molecule has 1 aliphatic heterocycles. The van der Waals surface area contributed by atoms with Crippen molar-refractivity contribution in [1.82, 2.24) is 0 Å². The standard InChI is InChI=1S/C25H21NO4/c1-25(2)13-19(27)24-21(14-25)30-20-12-9-15-5-3-4-6-18(15)23(20)22(24)16-7-10-17(11-8-16)26(28)29/h3-12,22H,13-14H2,1-2H3/t22-/m1/s1. The molecule has 0 bridgehead atoms. The van der Waals surface area contributed by atoms with E-state index in [2.05, 4.69) is 13.8 Å². The van der Waals surface area contributed by atoms with E-state index in [0.29, 0.717) is 18.4 Å². The van der Waals surface area contributed by atoms with E-state index in [9.17, 15) is 14.9 Å². The summed E-state index contributed by atoms with van der Waals surface area (Å²) < 4.78 is 6.31. The molecular weight excluding hydrogens is 378 g/mol. The lowest BCUT2D eigenvalue weighted by molar-refractivity contribution is -0.384. The van der Waals surface area contributed by atoms with Gasteiger partial charge in [0.2, 0.25) is 0 Å². The molecule has 2 aliphatic rings. The van der Waals surface area contributed by atoms with Crippen LogP contribution in [0.2, 0.25) is 0 Å². The van der Waals surface area contributed by atoms with E-state index in [1.165, 1.54) is 12.1 Å². The smallest absolute Gasteiger partial charge is 0.269 e. The molecule has 5 heteroatoms. The molecule has 0 aromatic heterocycles. The third kappa shape index (κ3) is 2.89. The van der Waals surface area contributed by atoms with Gasteiger partial charge in [0.25, 0.3) is 5.69 Å². The van der Waals surface area contributed by atoms with Gasteiger partial charge in [0.1, 0.15) is 11.5 Å². The molecule has 1 heterocycles. The summed E-state index contributed by atoms with van der Waals surface area (Å²) in [5.41, 5.74) is 2.38. The summed E-state index contributed by atoms with van der Waals surface area (Å²) in [6.45, 7) is 4.16. The van der Waals surface area contributed by atoms with E-state index in [1.54, 1.807) is 12.1 Å². The Kier molecular flexibility index (Phi) is 4.03. The number of carbonyl (C=O) groups excluding carboxylic acids is 1. The molecule has 5 rings (SSSR count). The van der Waals surface area contributed by atoms with Crippen LogP contribution in [0, 0.1) is 15.5 Å². The van der Waals surface area contributed by atoms with Crippen LogP contribution in [0.4, 0.5) is 5.69 Å². The van der Waals surface area contributed by atoms with Gasteiger partial charge in [0, 0.05) is 42.0 Å². The van der Waals surface area contributed by atoms with Gasteiger partial charge in [-0.15, -0.1) is 0 Å². The first-order valence-electron chi connectivity index (χ1n) is 10.0. The molecule has 150 valence electrons. The number of allylic oxidation sites excluding steroid dienone is 2. The Balaban J connectivity index is 1.78. The van der Waals surface area contributed by atoms with E-state index in [0.717, 1.165) is 33.4 Å². The number of nitro groups is 1. The number of nitrogens with zero attached hydrogens (tertiary/aromatic N) is 1. The molecule has 0 spiro atoms. The summed E-state index contributed by atoms with van der Waals surface area (Å²) in [6, 6.07) is 18.6. The van der Waals surface area contributed by atoms with Crippen LogP contribution in [0.3, 0.4) is 0 Å². The van der Waals surface area contributed by atoms with Crippen LogP contribution < -0.4 is 4.74 Å². The second-order valence-electron chi connectivity index (χ2n) is 8.86. The molecule has 0 saturated heterocycles. The summed E-state index contributed by atoms with van der Waals surface area (Å²) in [7, 11) is 0. The highest BCUT2D eigenvalue weighted by Crippen LogP contribution is 2.51. The van der Waals surface area contributed by atoms with Gasteiger partial charge in [-0.3, -0.25) is 14.9 Å². The van der Waals surface area contributed by atoms with Crippen LogP contribution in [0.15, 0.2) is 72.0 Å². The highest BCUT2D eigenvalue weighted by atomic mass is 16.6. The first-order chi connectivity index (χ1) is 14.3. The molecule has 0 fully saturated rings. The van der Waals surface area contributed by atoms with Crippen LogP contribution in [-0.4, -0.2) is 10.7 Å². The quantitative estimate of drug-likeness (QED) is 0.396. The van der Waals surface area contributed by atoms with Crippen molar-refractivity contribution >= 4 is 22.2 Å². The lowest BCUT2D eigenvalue weighted by atomic mass is 9.69. The summed E-state index contributed by atoms with van der Waals surface area (Å²) in [5.74, 6) is 1.26. The van der Waals surface area contributed by atoms with Crippen molar-refractivity contribution in [3.05, 3.63) is 93.2 Å². The fourth-order valence-electron chi connectivity index (χ4n) is 4.75. The molecule has 1 atom stereocenters. The minimum atomic E-state index is -0.407. The maximum Gasteiger partial charge on any atom is 0.269 e. The number of nitro benzene ring substituents is 1. The second kappa shape index (κ2) is 6.52. The van der Waals surface area contributed by atoms with Gasteiger partial charge in [0.15, 0.2) is 5.78 Å². The molecule has 3 aromatic carbocycles. The van der Waals surface area contributed by atoms with Crippen LogP contribution in [0.1, 0.15) is 43.7 Å². The van der Waals surface area contributed by atoms with Gasteiger partial charge in [-0.05, 0) is 27.8 Å². The molecule has 0 N–H and O–H groups in total. The van der Waals surface area contributed by atoms with Crippen LogP contribution in [0.25, 0.3) is 10.8 Å². The summed E-state index contributed by atoms with van der Waals surface area (Å²) >= 11 is 0. The first kappa shape index (κ1) is 18.6. The number of Topliss-reactive ketones (excluding diaryl/α,β-unsaturated/α-hetero) is 1. The van der Waals surface area contributed by atoms with E-state index in [1.807, 2.05) is 36.4 Å². The number of fused-ring (bicyclic) bond motifs is 3. The van der Waals surface area contributed by atoms with Gasteiger partial charge in [-0.2, -0.15) is 0 Å². The minimum absolute atomic E-state index is 0.0364. The topological polar surface area (TPSA) is 69.4 Å². The monoisotopic (exact) mass is 399 g/mol. The largest absolute Gasteiger partial charge is 0.461 e. The summed E-state index contributed by atoms with van der Waals surface area (Å²) in [6.07, 6.45) is 1.14. The Hall–Kier alpha value is -3.47. The Labute approximate surface area is 174 Å². The van der Waals surface area contributed by atoms with Crippen LogP contribution in [0.5, 0.6) is 5.75 Å². The number of rotatable bonds is 2. The lowest BCUT2D eigenvalue weighted by Gasteiger charge is -2.38. The first-order valence-corrected chi connectivity index (χ1v) is 10.0. The predicted octanol–water partition coefficient (Wildman–Crippen LogP) is 5.92. The number of benzene rings is 3. The van der Waals surface area contributed by atoms with Crippen molar-refractivity contribution in [1.29, 1.82) is 0 Å². The fraction of sp³-hybridized carbons (Fsp3) is 0.240. The Bertz CT molecular complexity index is 1240. The van der Waals surface area contributed by atoms with E-state index < -0.39 is 4.92 Å². The van der Waals surface area contributed by atoms with E-state index in [4.69, 9.17) is 4.74 Å². The average Bonchev–Trinajstić information content (AvgIpc) is 2.71. The van der Waals surface area contributed by atoms with Crippen molar-refractivity contribution in [2.24, 2.45) is 5.41 Å². The third-order valence-corrected chi connectivity index (χ3v) is 6.06. The average molecular weight is 399 g/mol. The summed E-state index contributed by atoms with van der Waals surface area (Å²) in [4.78, 5) is 24.0. The molecule has 0 unspecified atom stereocenters. The fourth-order valence-corrected chi connectivity index (χ4v) is 4.75. The highest BCUT2D eigenvalue weighted by Gasteiger charge is 2.42. The molecule has 0 radical (unpaired) electrons. The van der Waals surface area contributed by atoms with Crippen molar-refractivity contribution in [3.63, 3.8) is 0 Å². The number of ether oxygens (including phenoxy) is 1. The zero-order valence-electron chi connectivity index (χ0n) is 16.8. The van der Waals surface area contributed by atoms with Crippen LogP contribution >= 0.6 is 0 Å². The number of hydrogen-bond acceptors (Lipinski definition) is 4. The van der Waals surface area contributed by atoms with Crippen molar-refractivity contribution < 1.29 is 14.5 Å². The maximum absolute atomic E-state index is 13.3. The zero-order chi connectivity index (χ0) is 21.0. The van der Waals surface area contributed by atoms with Gasteiger partial charge < -0.3 is 4.74 Å². The Morgan fingerprint density at radius 1 is 1.00 bits per heavy atom. The number of carbonyl (C=O) groups is 1. The second-order valence-corrected chi connectivity index (χ2v) is 8.86. The van der Waals surface area contributed by atoms with Crippen LogP contribution in [-0.2, 0) is 4.79 Å². The maximum atomic E-state index is 13.3.